The van der Waals surface area contributed by atoms with Crippen molar-refractivity contribution in [3.8, 4) is 0 Å². The summed E-state index contributed by atoms with van der Waals surface area (Å²) in [6.45, 7) is 2.53. The van der Waals surface area contributed by atoms with E-state index in [9.17, 15) is 27.5 Å². The second-order valence-corrected chi connectivity index (χ2v) is 12.5. The summed E-state index contributed by atoms with van der Waals surface area (Å²) in [5.41, 5.74) is -0.805. The van der Waals surface area contributed by atoms with E-state index in [4.69, 9.17) is 14.4 Å². The maximum atomic E-state index is 11.8. The van der Waals surface area contributed by atoms with E-state index in [1.807, 2.05) is 6.92 Å². The van der Waals surface area contributed by atoms with Gasteiger partial charge < -0.3 is 24.2 Å². The van der Waals surface area contributed by atoms with Gasteiger partial charge in [-0.15, -0.1) is 0 Å². The van der Waals surface area contributed by atoms with Crippen molar-refractivity contribution in [2.45, 2.75) is 121 Å². The molecular weight excluding hydrogens is 498 g/mol. The molecule has 0 saturated heterocycles. The van der Waals surface area contributed by atoms with Gasteiger partial charge in [0, 0.05) is 0 Å². The lowest BCUT2D eigenvalue weighted by molar-refractivity contribution is -0.877. The molecule has 1 saturated carbocycles. The fourth-order valence-corrected chi connectivity index (χ4v) is 5.85. The van der Waals surface area contributed by atoms with Crippen molar-refractivity contribution >= 4 is 13.8 Å². The Morgan fingerprint density at radius 1 is 0.833 bits per heavy atom. The first-order valence-electron chi connectivity index (χ1n) is 13.3. The number of phosphoric acid groups is 1. The van der Waals surface area contributed by atoms with E-state index in [0.717, 1.165) is 25.7 Å². The third-order valence-corrected chi connectivity index (χ3v) is 7.22. The molecule has 1 unspecified atom stereocenters. The quantitative estimate of drug-likeness (QED) is 0.336. The van der Waals surface area contributed by atoms with Crippen molar-refractivity contribution in [1.82, 2.24) is 0 Å². The Morgan fingerprint density at radius 3 is 1.33 bits per heavy atom. The molecule has 11 heteroatoms. The number of carboxylic acid groups (broad SMARTS) is 1. The summed E-state index contributed by atoms with van der Waals surface area (Å²) in [6, 6.07) is 0. The van der Waals surface area contributed by atoms with Crippen molar-refractivity contribution in [1.29, 1.82) is 0 Å². The van der Waals surface area contributed by atoms with Crippen molar-refractivity contribution in [2.24, 2.45) is 5.92 Å². The number of alkyl halides is 3. The van der Waals surface area contributed by atoms with Gasteiger partial charge in [0.1, 0.15) is 18.1 Å². The number of carbonyl (C=O) groups is 1. The van der Waals surface area contributed by atoms with Crippen LogP contribution >= 0.6 is 7.82 Å². The number of aliphatic carboxylic acids is 1. The molecule has 1 rings (SSSR count). The number of likely N-dealkylation sites (N-methyl/N-ethyl adjacent to an activating group) is 1. The van der Waals surface area contributed by atoms with E-state index in [2.05, 4.69) is 21.1 Å². The average Bonchev–Trinajstić information content (AvgIpc) is 2.68. The fraction of sp³-hybridized carbons (Fsp3) is 0.960. The van der Waals surface area contributed by atoms with E-state index in [-0.39, 0.29) is 5.92 Å². The summed E-state index contributed by atoms with van der Waals surface area (Å²) >= 11 is 0. The minimum Gasteiger partial charge on any atom is -0.542 e. The van der Waals surface area contributed by atoms with Gasteiger partial charge in [-0.3, -0.25) is 4.52 Å². The number of rotatable bonds is 5. The Hall–Kier alpha value is -0.670. The lowest BCUT2D eigenvalue weighted by Crippen LogP contribution is -2.52. The number of hydrogen-bond donors (Lipinski definition) is 2. The van der Waals surface area contributed by atoms with E-state index in [1.54, 1.807) is 0 Å². The van der Waals surface area contributed by atoms with Crippen LogP contribution in [0.15, 0.2) is 0 Å². The molecule has 0 amide bonds. The van der Waals surface area contributed by atoms with E-state index in [0.29, 0.717) is 11.0 Å². The normalized spacial score (nSPS) is 20.9. The lowest BCUT2D eigenvalue weighted by atomic mass is 9.80. The summed E-state index contributed by atoms with van der Waals surface area (Å²) in [4.78, 5) is 28.0. The molecule has 216 valence electrons. The van der Waals surface area contributed by atoms with Gasteiger partial charge in [0.15, 0.2) is 0 Å². The third kappa shape index (κ3) is 19.4. The fourth-order valence-electron chi connectivity index (χ4n) is 5.10. The van der Waals surface area contributed by atoms with Crippen LogP contribution in [0.1, 0.15) is 110 Å². The minimum absolute atomic E-state index is 0.183. The van der Waals surface area contributed by atoms with Gasteiger partial charge in [-0.1, -0.05) is 89.9 Å². The van der Waals surface area contributed by atoms with E-state index >= 15 is 0 Å². The van der Waals surface area contributed by atoms with Crippen LogP contribution in [0.5, 0.6) is 0 Å². The number of quaternary nitrogens is 1. The molecule has 1 fully saturated rings. The van der Waals surface area contributed by atoms with Crippen LogP contribution in [-0.2, 0) is 13.9 Å². The predicted octanol–water partition coefficient (Wildman–Crippen LogP) is 5.73. The number of halogens is 3. The molecule has 0 bridgehead atoms. The monoisotopic (exact) mass is 547 g/mol. The van der Waals surface area contributed by atoms with Gasteiger partial charge in [-0.05, 0) is 25.7 Å². The molecule has 0 aromatic heterocycles. The van der Waals surface area contributed by atoms with Gasteiger partial charge in [-0.2, -0.15) is 13.2 Å². The minimum atomic E-state index is -5.19. The standard InChI is InChI=1S/C23H48NO4P.C2HF3O2/c1-23(21-24(2,3)4,28-29(25,26)27)22-19-17-15-13-11-9-7-5-6-8-10-12-14-16-18-20-22;3-2(4,5)1(6)7/h22H,5-21H2,1-4H3,(H-,25,26,27);(H,6,7). The summed E-state index contributed by atoms with van der Waals surface area (Å²) in [5.74, 6) is -2.82. The first-order valence-corrected chi connectivity index (χ1v) is 14.8. The summed E-state index contributed by atoms with van der Waals surface area (Å²) in [7, 11) is 1.67. The molecule has 1 atom stereocenters. The largest absolute Gasteiger partial charge is 0.542 e. The Morgan fingerprint density at radius 2 is 1.11 bits per heavy atom. The van der Waals surface area contributed by atoms with Crippen molar-refractivity contribution < 1.29 is 46.4 Å². The van der Waals surface area contributed by atoms with Crippen LogP contribution in [0.3, 0.4) is 0 Å². The Balaban J connectivity index is 0.00000152. The van der Waals surface area contributed by atoms with Crippen LogP contribution in [0.25, 0.3) is 0 Å². The first-order chi connectivity index (χ1) is 16.5. The Kier molecular flexibility index (Phi) is 16.7. The van der Waals surface area contributed by atoms with Gasteiger partial charge in [0.05, 0.1) is 21.1 Å². The van der Waals surface area contributed by atoms with Crippen molar-refractivity contribution in [3.05, 3.63) is 0 Å². The molecule has 0 aromatic carbocycles. The zero-order chi connectivity index (χ0) is 27.9. The van der Waals surface area contributed by atoms with Crippen molar-refractivity contribution in [2.75, 3.05) is 27.7 Å². The second-order valence-electron chi connectivity index (χ2n) is 11.4. The topological polar surface area (TPSA) is 107 Å². The Bertz CT molecular complexity index is 633. The molecule has 0 radical (unpaired) electrons. The highest BCUT2D eigenvalue weighted by molar-refractivity contribution is 7.46. The second kappa shape index (κ2) is 17.0. The SMILES string of the molecule is CC(C[N+](C)(C)C)(OP(=O)(O)O)C1CCCCCCCCCCCCCCCC1.O=C([O-])C(F)(F)F. The molecule has 2 N–H and O–H groups in total. The summed E-state index contributed by atoms with van der Waals surface area (Å²) in [6.07, 6.45) is 14.9. The third-order valence-electron chi connectivity index (χ3n) is 6.57. The predicted molar refractivity (Wildman–Crippen MR) is 133 cm³/mol. The number of nitrogens with zero attached hydrogens (tertiary/aromatic N) is 1. The number of carbonyl (C=O) groups excluding carboxylic acids is 1. The highest BCUT2D eigenvalue weighted by Crippen LogP contribution is 2.47. The van der Waals surface area contributed by atoms with Gasteiger partial charge in [0.25, 0.3) is 0 Å². The molecule has 36 heavy (non-hydrogen) atoms. The van der Waals surface area contributed by atoms with Gasteiger partial charge in [0.2, 0.25) is 0 Å². The zero-order valence-corrected chi connectivity index (χ0v) is 23.5. The molecular formula is C25H49F3NO6P. The molecule has 0 heterocycles. The average molecular weight is 548 g/mol. The smallest absolute Gasteiger partial charge is 0.470 e. The number of hydrogen-bond acceptors (Lipinski definition) is 4. The molecule has 0 aromatic rings. The molecule has 1 aliphatic carbocycles. The highest BCUT2D eigenvalue weighted by atomic mass is 31.2. The van der Waals surface area contributed by atoms with Crippen LogP contribution in [0.2, 0.25) is 0 Å². The zero-order valence-electron chi connectivity index (χ0n) is 22.7. The maximum Gasteiger partial charge on any atom is 0.470 e. The van der Waals surface area contributed by atoms with Crippen LogP contribution < -0.4 is 5.11 Å². The first kappa shape index (κ1) is 35.3. The molecule has 0 aliphatic heterocycles. The molecule has 0 spiro atoms. The number of carboxylic acids is 1. The number of phosphoric ester groups is 1. The highest BCUT2D eigenvalue weighted by Gasteiger charge is 2.44. The van der Waals surface area contributed by atoms with Crippen molar-refractivity contribution in [3.63, 3.8) is 0 Å². The van der Waals surface area contributed by atoms with E-state index in [1.165, 1.54) is 77.0 Å². The van der Waals surface area contributed by atoms with Crippen LogP contribution in [-0.4, -0.2) is 59.7 Å². The molecule has 1 aliphatic rings. The van der Waals surface area contributed by atoms with Crippen LogP contribution in [0.4, 0.5) is 13.2 Å². The van der Waals surface area contributed by atoms with Gasteiger partial charge >= 0.3 is 14.0 Å². The van der Waals surface area contributed by atoms with Crippen LogP contribution in [0, 0.1) is 5.92 Å². The Labute approximate surface area is 215 Å². The lowest BCUT2D eigenvalue weighted by Gasteiger charge is -2.41. The van der Waals surface area contributed by atoms with Gasteiger partial charge in [-0.25, -0.2) is 4.57 Å². The summed E-state index contributed by atoms with van der Waals surface area (Å²) in [5, 5.41) is 8.78. The summed E-state index contributed by atoms with van der Waals surface area (Å²) < 4.78 is 49.5. The molecule has 7 nitrogen and oxygen atoms in total. The van der Waals surface area contributed by atoms with E-state index < -0.39 is 25.6 Å². The maximum absolute atomic E-state index is 11.8.